The van der Waals surface area contributed by atoms with Crippen LogP contribution in [0.2, 0.25) is 0 Å². The molecule has 4 atom stereocenters. The zero-order valence-corrected chi connectivity index (χ0v) is 15.1. The van der Waals surface area contributed by atoms with Crippen LogP contribution in [0.1, 0.15) is 63.0 Å². The average Bonchev–Trinajstić information content (AvgIpc) is 2.91. The van der Waals surface area contributed by atoms with Crippen molar-refractivity contribution in [2.24, 2.45) is 22.4 Å². The smallest absolute Gasteiger partial charge is 0.174 e. The zero-order valence-electron chi connectivity index (χ0n) is 15.1. The molecule has 0 heterocycles. The Morgan fingerprint density at radius 1 is 1.32 bits per heavy atom. The lowest BCUT2D eigenvalue weighted by Crippen LogP contribution is -2.42. The third kappa shape index (κ3) is 2.76. The highest BCUT2D eigenvalue weighted by molar-refractivity contribution is 5.92. The minimum absolute atomic E-state index is 0.0138. The zero-order chi connectivity index (χ0) is 17.6. The van der Waals surface area contributed by atoms with Gasteiger partial charge < -0.3 is 9.94 Å². The molecule has 4 heteroatoms. The molecule has 25 heavy (non-hydrogen) atoms. The molecular weight excluding hydrogens is 314 g/mol. The predicted octanol–water partition coefficient (Wildman–Crippen LogP) is 4.21. The molecule has 0 aromatic heterocycles. The van der Waals surface area contributed by atoms with Crippen LogP contribution in [-0.4, -0.2) is 23.2 Å². The summed E-state index contributed by atoms with van der Waals surface area (Å²) in [5.74, 6) is 2.35. The molecule has 4 rings (SSSR count). The summed E-state index contributed by atoms with van der Waals surface area (Å²) >= 11 is 0. The normalized spacial score (nSPS) is 35.0. The van der Waals surface area contributed by atoms with Crippen LogP contribution in [0, 0.1) is 17.3 Å². The number of carbonyl (C=O) groups excluding carboxylic acids is 1. The van der Waals surface area contributed by atoms with Crippen molar-refractivity contribution < 1.29 is 14.7 Å². The maximum absolute atomic E-state index is 11.1. The van der Waals surface area contributed by atoms with Crippen molar-refractivity contribution in [1.82, 2.24) is 0 Å². The lowest BCUT2D eigenvalue weighted by molar-refractivity contribution is -0.121. The first-order valence-corrected chi connectivity index (χ1v) is 9.49. The highest BCUT2D eigenvalue weighted by Gasteiger charge is 2.53. The Bertz CT molecular complexity index is 726. The third-order valence-corrected chi connectivity index (χ3v) is 6.89. The second-order valence-corrected chi connectivity index (χ2v) is 8.31. The molecule has 1 aromatic carbocycles. The number of aryl methyl sites for hydroxylation is 1. The average molecular weight is 341 g/mol. The lowest BCUT2D eigenvalue weighted by Gasteiger charge is -2.49. The Balaban J connectivity index is 1.58. The Labute approximate surface area is 149 Å². The molecule has 4 nitrogen and oxygen atoms in total. The Hall–Kier alpha value is -1.84. The molecule has 0 saturated heterocycles. The monoisotopic (exact) mass is 341 g/mol. The van der Waals surface area contributed by atoms with E-state index in [2.05, 4.69) is 18.1 Å². The third-order valence-electron chi connectivity index (χ3n) is 6.89. The molecular formula is C21H27NO3. The SMILES string of the molecule is CC(=O)CO/N=C1\CCC2C3CCc4cc(O)ccc4C3CCC12C. The van der Waals surface area contributed by atoms with Crippen LogP contribution < -0.4 is 0 Å². The van der Waals surface area contributed by atoms with Crippen LogP contribution >= 0.6 is 0 Å². The van der Waals surface area contributed by atoms with Gasteiger partial charge in [-0.3, -0.25) is 4.79 Å². The van der Waals surface area contributed by atoms with Gasteiger partial charge in [0.15, 0.2) is 12.4 Å². The lowest BCUT2D eigenvalue weighted by atomic mass is 9.55. The number of ketones is 1. The standard InChI is InChI=1S/C21H27NO3/c1-13(23)12-25-22-20-8-7-19-18-5-3-14-11-15(24)4-6-16(14)17(18)9-10-21(19,20)2/h4,6,11,17-19,24H,3,5,7-10,12H2,1-2H3/b22-20+. The van der Waals surface area contributed by atoms with E-state index in [9.17, 15) is 9.90 Å². The fourth-order valence-corrected chi connectivity index (χ4v) is 5.71. The molecule has 3 aliphatic rings. The van der Waals surface area contributed by atoms with E-state index in [1.165, 1.54) is 37.3 Å². The number of aromatic hydroxyl groups is 1. The van der Waals surface area contributed by atoms with Crippen molar-refractivity contribution in [3.8, 4) is 5.75 Å². The van der Waals surface area contributed by atoms with Crippen LogP contribution in [0.15, 0.2) is 23.4 Å². The predicted molar refractivity (Wildman–Crippen MR) is 96.8 cm³/mol. The van der Waals surface area contributed by atoms with Gasteiger partial charge >= 0.3 is 0 Å². The maximum atomic E-state index is 11.1. The molecule has 2 fully saturated rings. The van der Waals surface area contributed by atoms with Gasteiger partial charge in [-0.05, 0) is 86.5 Å². The van der Waals surface area contributed by atoms with Crippen LogP contribution in [0.25, 0.3) is 0 Å². The van der Waals surface area contributed by atoms with Crippen molar-refractivity contribution in [3.63, 3.8) is 0 Å². The van der Waals surface area contributed by atoms with E-state index in [4.69, 9.17) is 4.84 Å². The first-order valence-electron chi connectivity index (χ1n) is 9.49. The van der Waals surface area contributed by atoms with E-state index < -0.39 is 0 Å². The Morgan fingerprint density at radius 3 is 2.96 bits per heavy atom. The molecule has 3 aliphatic carbocycles. The Kier molecular flexibility index (Phi) is 4.09. The summed E-state index contributed by atoms with van der Waals surface area (Å²) in [5, 5.41) is 14.2. The van der Waals surface area contributed by atoms with E-state index in [0.717, 1.165) is 25.0 Å². The number of phenolic OH excluding ortho intramolecular Hbond substituents is 1. The van der Waals surface area contributed by atoms with E-state index in [0.29, 0.717) is 23.5 Å². The molecule has 0 aliphatic heterocycles. The van der Waals surface area contributed by atoms with Gasteiger partial charge in [-0.25, -0.2) is 0 Å². The van der Waals surface area contributed by atoms with E-state index in [1.54, 1.807) is 0 Å². The summed E-state index contributed by atoms with van der Waals surface area (Å²) in [7, 11) is 0. The van der Waals surface area contributed by atoms with Gasteiger partial charge in [0.1, 0.15) is 5.75 Å². The van der Waals surface area contributed by atoms with Gasteiger partial charge in [0.25, 0.3) is 0 Å². The first-order chi connectivity index (χ1) is 12.0. The number of hydrogen-bond donors (Lipinski definition) is 1. The minimum atomic E-state index is 0.0138. The number of fused-ring (bicyclic) bond motifs is 5. The van der Waals surface area contributed by atoms with Gasteiger partial charge in [-0.2, -0.15) is 0 Å². The first kappa shape index (κ1) is 16.6. The number of phenols is 1. The molecule has 134 valence electrons. The second-order valence-electron chi connectivity index (χ2n) is 8.31. The number of Topliss-reactive ketones (excluding diaryl/α,β-unsaturated/α-hetero) is 1. The summed E-state index contributed by atoms with van der Waals surface area (Å²) in [4.78, 5) is 16.4. The van der Waals surface area contributed by atoms with Crippen LogP contribution in [0.5, 0.6) is 5.75 Å². The van der Waals surface area contributed by atoms with Gasteiger partial charge in [0.2, 0.25) is 0 Å². The molecule has 1 aromatic rings. The number of carbonyl (C=O) groups is 1. The van der Waals surface area contributed by atoms with Crippen LogP contribution in [-0.2, 0) is 16.1 Å². The van der Waals surface area contributed by atoms with Gasteiger partial charge in [0, 0.05) is 5.41 Å². The molecule has 0 amide bonds. The van der Waals surface area contributed by atoms with Crippen LogP contribution in [0.3, 0.4) is 0 Å². The largest absolute Gasteiger partial charge is 0.508 e. The summed E-state index contributed by atoms with van der Waals surface area (Å²) in [6, 6.07) is 5.94. The molecule has 0 spiro atoms. The molecule has 0 bridgehead atoms. The molecule has 1 N–H and O–H groups in total. The number of oxime groups is 1. The molecule has 2 saturated carbocycles. The molecule has 4 unspecified atom stereocenters. The minimum Gasteiger partial charge on any atom is -0.508 e. The van der Waals surface area contributed by atoms with Crippen molar-refractivity contribution in [1.29, 1.82) is 0 Å². The highest BCUT2D eigenvalue weighted by atomic mass is 16.6. The van der Waals surface area contributed by atoms with Crippen molar-refractivity contribution in [3.05, 3.63) is 29.3 Å². The number of hydrogen-bond acceptors (Lipinski definition) is 4. The van der Waals surface area contributed by atoms with Crippen LogP contribution in [0.4, 0.5) is 0 Å². The van der Waals surface area contributed by atoms with E-state index in [1.807, 2.05) is 12.1 Å². The fraction of sp³-hybridized carbons (Fsp3) is 0.619. The number of rotatable bonds is 3. The van der Waals surface area contributed by atoms with E-state index >= 15 is 0 Å². The topological polar surface area (TPSA) is 58.9 Å². The summed E-state index contributed by atoms with van der Waals surface area (Å²) < 4.78 is 0. The van der Waals surface area contributed by atoms with Crippen molar-refractivity contribution >= 4 is 11.5 Å². The molecule has 0 radical (unpaired) electrons. The Morgan fingerprint density at radius 2 is 2.16 bits per heavy atom. The van der Waals surface area contributed by atoms with Gasteiger partial charge in [-0.1, -0.05) is 18.1 Å². The fourth-order valence-electron chi connectivity index (χ4n) is 5.71. The van der Waals surface area contributed by atoms with E-state index in [-0.39, 0.29) is 17.8 Å². The quantitative estimate of drug-likeness (QED) is 0.838. The summed E-state index contributed by atoms with van der Waals surface area (Å²) in [5.41, 5.74) is 4.07. The summed E-state index contributed by atoms with van der Waals surface area (Å²) in [6.45, 7) is 3.96. The number of benzene rings is 1. The highest BCUT2D eigenvalue weighted by Crippen LogP contribution is 2.59. The summed E-state index contributed by atoms with van der Waals surface area (Å²) in [6.07, 6.45) is 6.72. The van der Waals surface area contributed by atoms with Gasteiger partial charge in [-0.15, -0.1) is 0 Å². The maximum Gasteiger partial charge on any atom is 0.174 e. The van der Waals surface area contributed by atoms with Crippen molar-refractivity contribution in [2.45, 2.75) is 58.3 Å². The second kappa shape index (κ2) is 6.15. The number of nitrogens with zero attached hydrogens (tertiary/aromatic N) is 1. The van der Waals surface area contributed by atoms with Crippen molar-refractivity contribution in [2.75, 3.05) is 6.61 Å². The van der Waals surface area contributed by atoms with Gasteiger partial charge in [0.05, 0.1) is 5.71 Å².